The summed E-state index contributed by atoms with van der Waals surface area (Å²) in [6, 6.07) is -0.857. The molecule has 0 spiro atoms. The zero-order valence-electron chi connectivity index (χ0n) is 59.2. The number of esters is 1. The number of ether oxygens (including phenoxy) is 1. The Labute approximate surface area is 551 Å². The number of quaternary nitrogens is 1. The number of nitrogens with zero attached hydrogens (tertiary/aromatic N) is 1. The first-order valence-electron chi connectivity index (χ1n) is 37.6. The zero-order valence-corrected chi connectivity index (χ0v) is 60.1. The van der Waals surface area contributed by atoms with Crippen molar-refractivity contribution in [1.82, 2.24) is 5.32 Å². The van der Waals surface area contributed by atoms with Gasteiger partial charge >= 0.3 is 13.8 Å². The Morgan fingerprint density at radius 3 is 1.10 bits per heavy atom. The summed E-state index contributed by atoms with van der Waals surface area (Å²) < 4.78 is 30.9. The lowest BCUT2D eigenvalue weighted by Gasteiger charge is -2.27. The van der Waals surface area contributed by atoms with E-state index in [0.29, 0.717) is 17.4 Å². The van der Waals surface area contributed by atoms with Crippen molar-refractivity contribution in [1.29, 1.82) is 0 Å². The second kappa shape index (κ2) is 67.8. The smallest absolute Gasteiger partial charge is 0.456 e. The summed E-state index contributed by atoms with van der Waals surface area (Å²) in [5.74, 6) is -0.505. The number of carbonyl (C=O) groups excluding carboxylic acids is 2. The molecular weight excluding hydrogens is 1120 g/mol. The maximum Gasteiger partial charge on any atom is 0.472 e. The summed E-state index contributed by atoms with van der Waals surface area (Å²) in [4.78, 5) is 38.0. The van der Waals surface area contributed by atoms with E-state index in [-0.39, 0.29) is 31.5 Å². The number of hydrogen-bond acceptors (Lipinski definition) is 6. The normalized spacial score (nSPS) is 14.0. The van der Waals surface area contributed by atoms with Crippen LogP contribution in [-0.2, 0) is 27.9 Å². The summed E-state index contributed by atoms with van der Waals surface area (Å²) in [5.41, 5.74) is 0. The third kappa shape index (κ3) is 69.1. The van der Waals surface area contributed by atoms with E-state index in [0.717, 1.165) is 109 Å². The molecule has 0 fully saturated rings. The number of phosphoric acid groups is 1. The number of likely N-dealkylation sites (N-methyl/N-ethyl adjacent to an activating group) is 1. The first-order chi connectivity index (χ1) is 43.4. The van der Waals surface area contributed by atoms with Crippen LogP contribution in [0.3, 0.4) is 0 Å². The minimum atomic E-state index is -4.46. The largest absolute Gasteiger partial charge is 0.472 e. The molecule has 0 aliphatic heterocycles. The molecule has 0 radical (unpaired) electrons. The van der Waals surface area contributed by atoms with Gasteiger partial charge < -0.3 is 19.4 Å². The minimum absolute atomic E-state index is 0.0364. The van der Waals surface area contributed by atoms with Gasteiger partial charge in [-0.2, -0.15) is 0 Å². The topological polar surface area (TPSA) is 111 Å². The highest BCUT2D eigenvalue weighted by atomic mass is 31.2. The van der Waals surface area contributed by atoms with E-state index in [1.165, 1.54) is 199 Å². The van der Waals surface area contributed by atoms with Crippen LogP contribution in [0.4, 0.5) is 0 Å². The fourth-order valence-electron chi connectivity index (χ4n) is 10.8. The summed E-state index contributed by atoms with van der Waals surface area (Å²) in [7, 11) is 1.49. The molecule has 9 nitrogen and oxygen atoms in total. The fourth-order valence-corrected chi connectivity index (χ4v) is 11.5. The van der Waals surface area contributed by atoms with Gasteiger partial charge in [0.05, 0.1) is 33.8 Å². The molecule has 0 aromatic heterocycles. The number of carbonyl (C=O) groups is 2. The Balaban J connectivity index is 4.95. The molecule has 2 N–H and O–H groups in total. The van der Waals surface area contributed by atoms with Gasteiger partial charge in [-0.15, -0.1) is 0 Å². The van der Waals surface area contributed by atoms with Crippen molar-refractivity contribution < 1.29 is 37.3 Å². The molecule has 0 aliphatic rings. The lowest BCUT2D eigenvalue weighted by atomic mass is 10.0. The molecule has 10 heteroatoms. The van der Waals surface area contributed by atoms with E-state index in [2.05, 4.69) is 111 Å². The molecule has 0 aliphatic carbocycles. The highest BCUT2D eigenvalue weighted by molar-refractivity contribution is 7.47. The summed E-state index contributed by atoms with van der Waals surface area (Å²) in [5, 5.41) is 3.07. The molecule has 89 heavy (non-hydrogen) atoms. The standard InChI is InChI=1S/C79H143N2O7P/c1-7-10-13-16-19-22-25-27-29-31-33-35-37-39-40-42-44-46-48-50-52-54-57-60-63-66-69-72-79(83)88-77(70-67-64-61-58-55-24-21-18-15-12-9-3)76(75-87-89(84,85)86-74-73-81(4,5)6)80-78(82)71-68-65-62-59-56-53-51-49-47-45-43-41-38-36-34-32-30-28-26-23-20-17-14-11-8-2/h11,14,19-20,22-23,27-30,34,36,41,43,67,70,76-77H,7-10,12-13,15-18,21,24-26,31-33,35,37-40,42,44-66,68-69,71-75H2,1-6H3,(H-,80,82,84,85)/p+1/b14-11-,22-19-,23-20-,29-27-,30-28-,36-34-,43-41-,70-67+. The molecule has 0 heterocycles. The van der Waals surface area contributed by atoms with Crippen LogP contribution in [0.5, 0.6) is 0 Å². The Morgan fingerprint density at radius 1 is 0.404 bits per heavy atom. The maximum absolute atomic E-state index is 13.6. The van der Waals surface area contributed by atoms with E-state index in [1.807, 2.05) is 33.3 Å². The van der Waals surface area contributed by atoms with Crippen LogP contribution in [0.2, 0.25) is 0 Å². The third-order valence-electron chi connectivity index (χ3n) is 16.5. The quantitative estimate of drug-likeness (QED) is 0.0205. The van der Waals surface area contributed by atoms with Gasteiger partial charge in [0.2, 0.25) is 5.91 Å². The van der Waals surface area contributed by atoms with Crippen LogP contribution in [0.25, 0.3) is 0 Å². The number of unbranched alkanes of at least 4 members (excludes halogenated alkanes) is 38. The molecule has 0 aromatic carbocycles. The third-order valence-corrected chi connectivity index (χ3v) is 17.5. The molecule has 3 atom stereocenters. The fraction of sp³-hybridized carbons (Fsp3) is 0.772. The number of hydrogen-bond donors (Lipinski definition) is 2. The molecule has 3 unspecified atom stereocenters. The number of amides is 1. The number of rotatable bonds is 68. The molecule has 516 valence electrons. The minimum Gasteiger partial charge on any atom is -0.456 e. The van der Waals surface area contributed by atoms with E-state index in [4.69, 9.17) is 13.8 Å². The second-order valence-electron chi connectivity index (χ2n) is 26.4. The van der Waals surface area contributed by atoms with E-state index in [9.17, 15) is 19.0 Å². The lowest BCUT2D eigenvalue weighted by Crippen LogP contribution is -2.47. The van der Waals surface area contributed by atoms with Crippen LogP contribution in [-0.4, -0.2) is 74.3 Å². The molecular formula is C79H144N2O7P+. The molecule has 0 saturated heterocycles. The zero-order chi connectivity index (χ0) is 64.9. The number of nitrogens with one attached hydrogen (secondary N) is 1. The maximum atomic E-state index is 13.6. The molecule has 1 amide bonds. The summed E-state index contributed by atoms with van der Waals surface area (Å²) >= 11 is 0. The Morgan fingerprint density at radius 2 is 0.719 bits per heavy atom. The van der Waals surface area contributed by atoms with Crippen molar-refractivity contribution in [2.45, 2.75) is 354 Å². The van der Waals surface area contributed by atoms with Crippen LogP contribution in [0, 0.1) is 0 Å². The van der Waals surface area contributed by atoms with Gasteiger partial charge in [0.15, 0.2) is 0 Å². The SMILES string of the molecule is CC/C=C\C/C=C\C/C=C\C/C=C\C/C=C\CCCCCCCCCCCC(=O)NC(COP(=O)(O)OCC[N+](C)(C)C)C(/C=C/CCCCCCCCCCC)OC(=O)CCCCCCCCCCCCCCCCCCC/C=C\C/C=C\CCCCC. The van der Waals surface area contributed by atoms with E-state index < -0.39 is 20.0 Å². The van der Waals surface area contributed by atoms with Crippen molar-refractivity contribution in [3.05, 3.63) is 97.2 Å². The van der Waals surface area contributed by atoms with Crippen LogP contribution >= 0.6 is 7.82 Å². The van der Waals surface area contributed by atoms with Gasteiger partial charge in [-0.05, 0) is 109 Å². The molecule has 0 saturated carbocycles. The first kappa shape index (κ1) is 85.9. The van der Waals surface area contributed by atoms with Crippen LogP contribution in [0.1, 0.15) is 342 Å². The van der Waals surface area contributed by atoms with Crippen molar-refractivity contribution in [3.8, 4) is 0 Å². The summed E-state index contributed by atoms with van der Waals surface area (Å²) in [6.45, 7) is 6.90. The van der Waals surface area contributed by atoms with Crippen molar-refractivity contribution >= 4 is 19.7 Å². The van der Waals surface area contributed by atoms with Gasteiger partial charge in [0.1, 0.15) is 19.3 Å². The van der Waals surface area contributed by atoms with Crippen LogP contribution in [0.15, 0.2) is 97.2 Å². The summed E-state index contributed by atoms with van der Waals surface area (Å²) in [6.07, 6.45) is 92.9. The Hall–Kier alpha value is -3.07. The number of phosphoric ester groups is 1. The Kier molecular flexibility index (Phi) is 65.5. The van der Waals surface area contributed by atoms with Crippen molar-refractivity contribution in [2.24, 2.45) is 0 Å². The Bertz CT molecular complexity index is 1840. The predicted molar refractivity (Wildman–Crippen MR) is 387 cm³/mol. The first-order valence-corrected chi connectivity index (χ1v) is 39.1. The second-order valence-corrected chi connectivity index (χ2v) is 27.9. The average molecular weight is 1270 g/mol. The monoisotopic (exact) mass is 1260 g/mol. The number of allylic oxidation sites excluding steroid dienone is 15. The molecule has 0 bridgehead atoms. The van der Waals surface area contributed by atoms with E-state index >= 15 is 0 Å². The van der Waals surface area contributed by atoms with E-state index in [1.54, 1.807) is 0 Å². The molecule has 0 aromatic rings. The molecule has 0 rings (SSSR count). The van der Waals surface area contributed by atoms with Gasteiger partial charge in [0.25, 0.3) is 0 Å². The lowest BCUT2D eigenvalue weighted by molar-refractivity contribution is -0.870. The average Bonchev–Trinajstić information content (AvgIpc) is 3.62. The van der Waals surface area contributed by atoms with Crippen molar-refractivity contribution in [2.75, 3.05) is 40.9 Å². The van der Waals surface area contributed by atoms with Gasteiger partial charge in [-0.25, -0.2) is 4.57 Å². The highest BCUT2D eigenvalue weighted by Crippen LogP contribution is 2.43. The highest BCUT2D eigenvalue weighted by Gasteiger charge is 2.30. The predicted octanol–water partition coefficient (Wildman–Crippen LogP) is 24.2. The van der Waals surface area contributed by atoms with Crippen LogP contribution < -0.4 is 5.32 Å². The van der Waals surface area contributed by atoms with Crippen molar-refractivity contribution in [3.63, 3.8) is 0 Å². The van der Waals surface area contributed by atoms with Gasteiger partial charge in [-0.3, -0.25) is 18.6 Å². The van der Waals surface area contributed by atoms with Gasteiger partial charge in [-0.1, -0.05) is 317 Å². The van der Waals surface area contributed by atoms with Gasteiger partial charge in [0, 0.05) is 12.8 Å².